The molecule has 0 aromatic heterocycles. The summed E-state index contributed by atoms with van der Waals surface area (Å²) in [5.74, 6) is 0.161. The number of hydrogen-bond donors (Lipinski definition) is 1. The number of anilines is 1. The minimum absolute atomic E-state index is 0.0307. The van der Waals surface area contributed by atoms with Gasteiger partial charge in [-0.1, -0.05) is 30.3 Å². The Labute approximate surface area is 135 Å². The smallest absolute Gasteiger partial charge is 0.228 e. The Kier molecular flexibility index (Phi) is 4.15. The number of carbonyl (C=O) groups excluding carboxylic acids is 2. The number of Topliss-reactive ketones (excluding diaryl/α,β-unsaturated/α-hetero) is 1. The van der Waals surface area contributed by atoms with E-state index in [4.69, 9.17) is 4.74 Å². The highest BCUT2D eigenvalue weighted by atomic mass is 16.5. The molecule has 0 aliphatic heterocycles. The molecule has 1 N–H and O–H groups in total. The molecule has 23 heavy (non-hydrogen) atoms. The number of fused-ring (bicyclic) bond motifs is 1. The van der Waals surface area contributed by atoms with E-state index in [0.29, 0.717) is 17.9 Å². The second-order valence-corrected chi connectivity index (χ2v) is 5.88. The molecule has 0 heterocycles. The lowest BCUT2D eigenvalue weighted by molar-refractivity contribution is -0.119. The van der Waals surface area contributed by atoms with Crippen LogP contribution in [0.4, 0.5) is 5.69 Å². The number of rotatable bonds is 3. The monoisotopic (exact) mass is 309 g/mol. The fraction of sp³-hybridized carbons (Fsp3) is 0.263. The first-order chi connectivity index (χ1) is 11.1. The van der Waals surface area contributed by atoms with Crippen molar-refractivity contribution in [3.05, 3.63) is 59.2 Å². The third-order valence-corrected chi connectivity index (χ3v) is 4.20. The van der Waals surface area contributed by atoms with Gasteiger partial charge in [0.05, 0.1) is 12.8 Å². The maximum atomic E-state index is 12.6. The second kappa shape index (κ2) is 6.24. The topological polar surface area (TPSA) is 55.4 Å². The van der Waals surface area contributed by atoms with Crippen LogP contribution in [0.25, 0.3) is 0 Å². The molecular formula is C19H19NO3. The highest BCUT2D eigenvalue weighted by molar-refractivity contribution is 6.04. The molecule has 4 heteroatoms. The van der Waals surface area contributed by atoms with Crippen LogP contribution < -0.4 is 10.1 Å². The Bertz CT molecular complexity index is 767. The minimum atomic E-state index is -0.345. The summed E-state index contributed by atoms with van der Waals surface area (Å²) in [5, 5.41) is 2.91. The largest absolute Gasteiger partial charge is 0.495 e. The summed E-state index contributed by atoms with van der Waals surface area (Å²) < 4.78 is 5.28. The number of amides is 1. The molecule has 0 saturated heterocycles. The number of methoxy groups -OCH3 is 1. The van der Waals surface area contributed by atoms with Crippen molar-refractivity contribution >= 4 is 17.4 Å². The van der Waals surface area contributed by atoms with Gasteiger partial charge in [-0.05, 0) is 36.6 Å². The van der Waals surface area contributed by atoms with Crippen LogP contribution in [-0.2, 0) is 11.2 Å². The standard InChI is InChI=1S/C19H19NO3/c1-12-7-8-18(23-2)16(9-12)20-19(22)14-10-13-5-3-4-6-15(13)17(21)11-14/h3-9,14H,10-11H2,1-2H3,(H,20,22). The zero-order valence-corrected chi connectivity index (χ0v) is 13.3. The lowest BCUT2D eigenvalue weighted by Crippen LogP contribution is -2.31. The Balaban J connectivity index is 1.80. The first kappa shape index (κ1) is 15.3. The molecule has 0 radical (unpaired) electrons. The van der Waals surface area contributed by atoms with E-state index in [1.165, 1.54) is 0 Å². The first-order valence-corrected chi connectivity index (χ1v) is 7.65. The van der Waals surface area contributed by atoms with Gasteiger partial charge in [-0.15, -0.1) is 0 Å². The number of ketones is 1. The van der Waals surface area contributed by atoms with Gasteiger partial charge in [0.25, 0.3) is 0 Å². The fourth-order valence-electron chi connectivity index (χ4n) is 2.98. The van der Waals surface area contributed by atoms with Crippen LogP contribution in [0.2, 0.25) is 0 Å². The molecule has 1 aliphatic rings. The van der Waals surface area contributed by atoms with Crippen LogP contribution in [0.15, 0.2) is 42.5 Å². The maximum Gasteiger partial charge on any atom is 0.228 e. The molecule has 3 rings (SSSR count). The van der Waals surface area contributed by atoms with Crippen molar-refractivity contribution in [2.75, 3.05) is 12.4 Å². The number of aryl methyl sites for hydroxylation is 1. The molecule has 2 aromatic carbocycles. The minimum Gasteiger partial charge on any atom is -0.495 e. The quantitative estimate of drug-likeness (QED) is 0.945. The van der Waals surface area contributed by atoms with Crippen molar-refractivity contribution in [2.45, 2.75) is 19.8 Å². The van der Waals surface area contributed by atoms with Gasteiger partial charge in [-0.2, -0.15) is 0 Å². The average molecular weight is 309 g/mol. The normalized spacial score (nSPS) is 16.6. The van der Waals surface area contributed by atoms with Gasteiger partial charge in [0, 0.05) is 17.9 Å². The summed E-state index contributed by atoms with van der Waals surface area (Å²) in [4.78, 5) is 24.8. The number of carbonyl (C=O) groups is 2. The van der Waals surface area contributed by atoms with Crippen molar-refractivity contribution in [2.24, 2.45) is 5.92 Å². The molecule has 1 amide bonds. The van der Waals surface area contributed by atoms with Gasteiger partial charge in [0.1, 0.15) is 5.75 Å². The highest BCUT2D eigenvalue weighted by Crippen LogP contribution is 2.29. The van der Waals surface area contributed by atoms with Crippen molar-refractivity contribution < 1.29 is 14.3 Å². The molecule has 0 spiro atoms. The van der Waals surface area contributed by atoms with Crippen LogP contribution >= 0.6 is 0 Å². The summed E-state index contributed by atoms with van der Waals surface area (Å²) in [6, 6.07) is 13.1. The predicted molar refractivity (Wildman–Crippen MR) is 88.9 cm³/mol. The van der Waals surface area contributed by atoms with E-state index in [0.717, 1.165) is 16.7 Å². The Morgan fingerprint density at radius 3 is 2.74 bits per heavy atom. The summed E-state index contributed by atoms with van der Waals surface area (Å²) in [7, 11) is 1.57. The Hall–Kier alpha value is -2.62. The van der Waals surface area contributed by atoms with Gasteiger partial charge in [-0.25, -0.2) is 0 Å². The number of ether oxygens (including phenoxy) is 1. The molecule has 1 aliphatic carbocycles. The average Bonchev–Trinajstić information content (AvgIpc) is 2.55. The second-order valence-electron chi connectivity index (χ2n) is 5.88. The lowest BCUT2D eigenvalue weighted by Gasteiger charge is -2.23. The van der Waals surface area contributed by atoms with Crippen molar-refractivity contribution in [1.29, 1.82) is 0 Å². The van der Waals surface area contributed by atoms with Crippen LogP contribution in [0.5, 0.6) is 5.75 Å². The maximum absolute atomic E-state index is 12.6. The zero-order chi connectivity index (χ0) is 16.4. The van der Waals surface area contributed by atoms with Gasteiger partial charge in [0.15, 0.2) is 5.78 Å². The summed E-state index contributed by atoms with van der Waals surface area (Å²) in [6.45, 7) is 1.95. The van der Waals surface area contributed by atoms with Crippen molar-refractivity contribution in [3.8, 4) is 5.75 Å². The molecule has 1 atom stereocenters. The number of hydrogen-bond acceptors (Lipinski definition) is 3. The molecule has 1 unspecified atom stereocenters. The van der Waals surface area contributed by atoms with Crippen molar-refractivity contribution in [3.63, 3.8) is 0 Å². The van der Waals surface area contributed by atoms with Crippen LogP contribution in [0.1, 0.15) is 27.9 Å². The molecule has 2 aromatic rings. The predicted octanol–water partition coefficient (Wildman–Crippen LogP) is 3.39. The van der Waals surface area contributed by atoms with E-state index in [2.05, 4.69) is 5.32 Å². The summed E-state index contributed by atoms with van der Waals surface area (Å²) >= 11 is 0. The third kappa shape index (κ3) is 3.11. The molecular weight excluding hydrogens is 290 g/mol. The highest BCUT2D eigenvalue weighted by Gasteiger charge is 2.29. The van der Waals surface area contributed by atoms with E-state index < -0.39 is 0 Å². The van der Waals surface area contributed by atoms with E-state index >= 15 is 0 Å². The first-order valence-electron chi connectivity index (χ1n) is 7.65. The van der Waals surface area contributed by atoms with Crippen LogP contribution in [0, 0.1) is 12.8 Å². The Morgan fingerprint density at radius 1 is 1.17 bits per heavy atom. The SMILES string of the molecule is COc1ccc(C)cc1NC(=O)C1CC(=O)c2ccccc2C1. The van der Waals surface area contributed by atoms with Gasteiger partial charge in [-0.3, -0.25) is 9.59 Å². The molecule has 0 fully saturated rings. The van der Waals surface area contributed by atoms with E-state index in [-0.39, 0.29) is 24.0 Å². The number of benzene rings is 2. The third-order valence-electron chi connectivity index (χ3n) is 4.20. The molecule has 0 saturated carbocycles. The zero-order valence-electron chi connectivity index (χ0n) is 13.3. The van der Waals surface area contributed by atoms with E-state index in [1.54, 1.807) is 7.11 Å². The summed E-state index contributed by atoms with van der Waals surface area (Å²) in [6.07, 6.45) is 0.832. The van der Waals surface area contributed by atoms with Crippen LogP contribution in [-0.4, -0.2) is 18.8 Å². The molecule has 4 nitrogen and oxygen atoms in total. The van der Waals surface area contributed by atoms with E-state index in [9.17, 15) is 9.59 Å². The lowest BCUT2D eigenvalue weighted by atomic mass is 9.82. The summed E-state index contributed by atoms with van der Waals surface area (Å²) in [5.41, 5.74) is 3.36. The molecule has 0 bridgehead atoms. The Morgan fingerprint density at radius 2 is 1.96 bits per heavy atom. The van der Waals surface area contributed by atoms with Gasteiger partial charge < -0.3 is 10.1 Å². The van der Waals surface area contributed by atoms with E-state index in [1.807, 2.05) is 49.4 Å². The fourth-order valence-corrected chi connectivity index (χ4v) is 2.98. The van der Waals surface area contributed by atoms with Crippen molar-refractivity contribution in [1.82, 2.24) is 0 Å². The number of nitrogens with one attached hydrogen (secondary N) is 1. The molecule has 118 valence electrons. The van der Waals surface area contributed by atoms with Crippen LogP contribution in [0.3, 0.4) is 0 Å². The van der Waals surface area contributed by atoms with Gasteiger partial charge >= 0.3 is 0 Å². The van der Waals surface area contributed by atoms with Gasteiger partial charge in [0.2, 0.25) is 5.91 Å².